The zero-order valence-electron chi connectivity index (χ0n) is 17.9. The molecule has 0 spiro atoms. The van der Waals surface area contributed by atoms with Crippen molar-refractivity contribution in [3.8, 4) is 11.5 Å². The van der Waals surface area contributed by atoms with E-state index >= 15 is 0 Å². The number of nitrogens with zero attached hydrogens (tertiary/aromatic N) is 1. The van der Waals surface area contributed by atoms with Crippen LogP contribution in [0.15, 0.2) is 66.2 Å². The average molecular weight is 423 g/mol. The Labute approximate surface area is 183 Å². The Morgan fingerprint density at radius 2 is 1.94 bits per heavy atom. The highest BCUT2D eigenvalue weighted by atomic mass is 16.5. The lowest BCUT2D eigenvalue weighted by molar-refractivity contribution is -0.123. The number of aliphatic imine (C=N–C) groups is 1. The molecule has 0 radical (unpaired) electrons. The van der Waals surface area contributed by atoms with Crippen molar-refractivity contribution in [3.63, 3.8) is 0 Å². The zero-order chi connectivity index (χ0) is 21.9. The molecule has 0 saturated heterocycles. The predicted octanol–water partition coefficient (Wildman–Crippen LogP) is 2.77. The van der Waals surface area contributed by atoms with Crippen molar-refractivity contribution in [1.29, 1.82) is 0 Å². The number of hydrogen-bond donors (Lipinski definition) is 3. The van der Waals surface area contributed by atoms with Crippen LogP contribution in [-0.2, 0) is 17.9 Å². The molecule has 31 heavy (non-hydrogen) atoms. The quantitative estimate of drug-likeness (QED) is 0.295. The van der Waals surface area contributed by atoms with Crippen LogP contribution >= 0.6 is 0 Å². The lowest BCUT2D eigenvalue weighted by atomic mass is 10.2. The summed E-state index contributed by atoms with van der Waals surface area (Å²) >= 11 is 0. The highest BCUT2D eigenvalue weighted by Crippen LogP contribution is 2.19. The number of carbonyl (C=O) groups is 1. The van der Waals surface area contributed by atoms with E-state index in [0.717, 1.165) is 29.7 Å². The van der Waals surface area contributed by atoms with Crippen molar-refractivity contribution in [3.05, 3.63) is 72.3 Å². The van der Waals surface area contributed by atoms with Crippen molar-refractivity contribution >= 4 is 11.9 Å². The Morgan fingerprint density at radius 1 is 1.13 bits per heavy atom. The molecule has 164 valence electrons. The minimum Gasteiger partial charge on any atom is -0.489 e. The molecule has 2 aromatic carbocycles. The molecule has 1 saturated carbocycles. The van der Waals surface area contributed by atoms with E-state index in [1.54, 1.807) is 13.1 Å². The Bertz CT molecular complexity index is 909. The van der Waals surface area contributed by atoms with E-state index in [-0.39, 0.29) is 12.5 Å². The summed E-state index contributed by atoms with van der Waals surface area (Å²) in [6.07, 6.45) is 3.85. The standard InChI is InChI=1S/C24H30N4O3/c1-3-13-30-22-10-5-4-8-19(22)16-27-24(25-2)26-15-18-7-6-9-21(14-18)31-17-23(29)28-20-11-12-20/h3-10,14,20H,1,11-13,15-17H2,2H3,(H,28,29)(H2,25,26,27). The molecule has 0 atom stereocenters. The Balaban J connectivity index is 1.47. The number of hydrogen-bond acceptors (Lipinski definition) is 4. The van der Waals surface area contributed by atoms with Gasteiger partial charge in [0.15, 0.2) is 12.6 Å². The topological polar surface area (TPSA) is 84.0 Å². The Morgan fingerprint density at radius 3 is 2.71 bits per heavy atom. The van der Waals surface area contributed by atoms with Crippen molar-refractivity contribution in [1.82, 2.24) is 16.0 Å². The fourth-order valence-corrected chi connectivity index (χ4v) is 2.92. The summed E-state index contributed by atoms with van der Waals surface area (Å²) in [5.41, 5.74) is 2.06. The highest BCUT2D eigenvalue weighted by Gasteiger charge is 2.23. The first-order valence-electron chi connectivity index (χ1n) is 10.4. The number of benzene rings is 2. The first kappa shape index (κ1) is 22.2. The van der Waals surface area contributed by atoms with Crippen molar-refractivity contribution in [2.24, 2.45) is 4.99 Å². The van der Waals surface area contributed by atoms with Gasteiger partial charge in [0.05, 0.1) is 0 Å². The maximum atomic E-state index is 11.8. The fourth-order valence-electron chi connectivity index (χ4n) is 2.92. The summed E-state index contributed by atoms with van der Waals surface area (Å²) in [4.78, 5) is 16.1. The average Bonchev–Trinajstić information content (AvgIpc) is 3.61. The molecule has 0 heterocycles. The summed E-state index contributed by atoms with van der Waals surface area (Å²) in [7, 11) is 1.73. The van der Waals surface area contributed by atoms with E-state index in [2.05, 4.69) is 27.5 Å². The summed E-state index contributed by atoms with van der Waals surface area (Å²) in [5, 5.41) is 9.51. The predicted molar refractivity (Wildman–Crippen MR) is 122 cm³/mol. The Hall–Kier alpha value is -3.48. The van der Waals surface area contributed by atoms with Crippen LogP contribution in [0.25, 0.3) is 0 Å². The lowest BCUT2D eigenvalue weighted by Gasteiger charge is -2.15. The molecular formula is C24H30N4O3. The van der Waals surface area contributed by atoms with Gasteiger partial charge in [-0.1, -0.05) is 43.0 Å². The number of carbonyl (C=O) groups excluding carboxylic acids is 1. The van der Waals surface area contributed by atoms with E-state index in [9.17, 15) is 4.79 Å². The van der Waals surface area contributed by atoms with Gasteiger partial charge in [-0.25, -0.2) is 0 Å². The number of amides is 1. The van der Waals surface area contributed by atoms with Crippen LogP contribution in [0.5, 0.6) is 11.5 Å². The smallest absolute Gasteiger partial charge is 0.258 e. The van der Waals surface area contributed by atoms with Gasteiger partial charge in [-0.2, -0.15) is 0 Å². The van der Waals surface area contributed by atoms with E-state index in [0.29, 0.717) is 37.4 Å². The van der Waals surface area contributed by atoms with Gasteiger partial charge in [0.1, 0.15) is 18.1 Å². The molecule has 3 N–H and O–H groups in total. The minimum absolute atomic E-state index is 0.0317. The second-order valence-corrected chi connectivity index (χ2v) is 7.26. The van der Waals surface area contributed by atoms with Crippen molar-refractivity contribution < 1.29 is 14.3 Å². The molecule has 0 aromatic heterocycles. The number of ether oxygens (including phenoxy) is 2. The maximum Gasteiger partial charge on any atom is 0.258 e. The number of rotatable bonds is 11. The molecular weight excluding hydrogens is 392 g/mol. The number of nitrogens with one attached hydrogen (secondary N) is 3. The highest BCUT2D eigenvalue weighted by molar-refractivity contribution is 5.79. The van der Waals surface area contributed by atoms with Crippen LogP contribution < -0.4 is 25.4 Å². The fraction of sp³-hybridized carbons (Fsp3) is 0.333. The van der Waals surface area contributed by atoms with Crippen LogP contribution in [0.2, 0.25) is 0 Å². The molecule has 7 heteroatoms. The van der Waals surface area contributed by atoms with Crippen molar-refractivity contribution in [2.75, 3.05) is 20.3 Å². The summed E-state index contributed by atoms with van der Waals surface area (Å²) in [5.74, 6) is 2.09. The van der Waals surface area contributed by atoms with E-state index in [1.807, 2.05) is 48.5 Å². The van der Waals surface area contributed by atoms with Gasteiger partial charge in [-0.05, 0) is 36.6 Å². The Kier molecular flexibility index (Phi) is 8.34. The molecule has 0 aliphatic heterocycles. The lowest BCUT2D eigenvalue weighted by Crippen LogP contribution is -2.36. The third kappa shape index (κ3) is 7.70. The molecule has 1 aliphatic rings. The summed E-state index contributed by atoms with van der Waals surface area (Å²) in [6.45, 7) is 5.33. The molecule has 2 aromatic rings. The van der Waals surface area contributed by atoms with Gasteiger partial charge < -0.3 is 25.4 Å². The third-order valence-corrected chi connectivity index (χ3v) is 4.67. The first-order valence-corrected chi connectivity index (χ1v) is 10.4. The second kappa shape index (κ2) is 11.6. The molecule has 1 amide bonds. The monoisotopic (exact) mass is 422 g/mol. The van der Waals surface area contributed by atoms with Crippen LogP contribution in [0.4, 0.5) is 0 Å². The summed E-state index contributed by atoms with van der Waals surface area (Å²) < 4.78 is 11.3. The molecule has 0 unspecified atom stereocenters. The van der Waals surface area contributed by atoms with E-state index in [4.69, 9.17) is 9.47 Å². The summed E-state index contributed by atoms with van der Waals surface area (Å²) in [6, 6.07) is 15.9. The first-order chi connectivity index (χ1) is 15.2. The van der Waals surface area contributed by atoms with E-state index < -0.39 is 0 Å². The largest absolute Gasteiger partial charge is 0.489 e. The molecule has 3 rings (SSSR count). The number of guanidine groups is 1. The van der Waals surface area contributed by atoms with Gasteiger partial charge in [0, 0.05) is 31.7 Å². The van der Waals surface area contributed by atoms with Gasteiger partial charge in [-0.3, -0.25) is 9.79 Å². The molecule has 7 nitrogen and oxygen atoms in total. The van der Waals surface area contributed by atoms with Gasteiger partial charge in [0.2, 0.25) is 0 Å². The van der Waals surface area contributed by atoms with Crippen molar-refractivity contribution in [2.45, 2.75) is 32.0 Å². The van der Waals surface area contributed by atoms with Gasteiger partial charge in [0.25, 0.3) is 5.91 Å². The van der Waals surface area contributed by atoms with Gasteiger partial charge in [-0.15, -0.1) is 0 Å². The molecule has 0 bridgehead atoms. The minimum atomic E-state index is -0.0759. The van der Waals surface area contributed by atoms with Gasteiger partial charge >= 0.3 is 0 Å². The third-order valence-electron chi connectivity index (χ3n) is 4.67. The van der Waals surface area contributed by atoms with Crippen LogP contribution in [0.3, 0.4) is 0 Å². The number of para-hydroxylation sites is 1. The van der Waals surface area contributed by atoms with Crippen LogP contribution in [0, 0.1) is 0 Å². The molecule has 1 aliphatic carbocycles. The van der Waals surface area contributed by atoms with Crippen LogP contribution in [-0.4, -0.2) is 38.2 Å². The van der Waals surface area contributed by atoms with Crippen LogP contribution in [0.1, 0.15) is 24.0 Å². The molecule has 1 fully saturated rings. The maximum absolute atomic E-state index is 11.8. The van der Waals surface area contributed by atoms with E-state index in [1.165, 1.54) is 0 Å². The SMILES string of the molecule is C=CCOc1ccccc1CNC(=NC)NCc1cccc(OCC(=O)NC2CC2)c1. The normalized spacial score (nSPS) is 13.3. The second-order valence-electron chi connectivity index (χ2n) is 7.26. The zero-order valence-corrected chi connectivity index (χ0v) is 17.9.